The van der Waals surface area contributed by atoms with Crippen LogP contribution in [0.1, 0.15) is 17.4 Å². The monoisotopic (exact) mass is 213 g/mol. The van der Waals surface area contributed by atoms with E-state index >= 15 is 0 Å². The molecule has 0 aliphatic heterocycles. The summed E-state index contributed by atoms with van der Waals surface area (Å²) in [5.41, 5.74) is 0.933. The zero-order chi connectivity index (χ0) is 10.1. The average Bonchev–Trinajstić information content (AvgIpc) is 2.73. The van der Waals surface area contributed by atoms with Crippen LogP contribution in [-0.4, -0.2) is 20.1 Å². The van der Waals surface area contributed by atoms with Crippen LogP contribution in [0.25, 0.3) is 0 Å². The maximum atomic E-state index is 9.81. The van der Waals surface area contributed by atoms with Crippen molar-refractivity contribution in [2.24, 2.45) is 7.05 Å². The van der Waals surface area contributed by atoms with Crippen molar-refractivity contribution in [3.63, 3.8) is 0 Å². The van der Waals surface area contributed by atoms with Crippen molar-refractivity contribution in [1.82, 2.24) is 15.0 Å². The average molecular weight is 214 g/mol. The lowest BCUT2D eigenvalue weighted by molar-refractivity contribution is 0.214. The van der Waals surface area contributed by atoms with Crippen molar-refractivity contribution in [2.75, 3.05) is 0 Å². The number of aromatic nitrogens is 3. The normalized spacial score (nSPS) is 13.1. The Morgan fingerprint density at radius 1 is 1.64 bits per heavy atom. The van der Waals surface area contributed by atoms with Crippen LogP contribution < -0.4 is 0 Å². The fourth-order valence-corrected chi connectivity index (χ4v) is 1.37. The van der Waals surface area contributed by atoms with E-state index in [-0.39, 0.29) is 5.22 Å². The van der Waals surface area contributed by atoms with E-state index in [4.69, 9.17) is 16.0 Å². The molecule has 0 aliphatic rings. The highest BCUT2D eigenvalue weighted by atomic mass is 35.5. The minimum atomic E-state index is -0.894. The van der Waals surface area contributed by atoms with Crippen molar-refractivity contribution in [1.29, 1.82) is 0 Å². The van der Waals surface area contributed by atoms with E-state index in [1.54, 1.807) is 19.3 Å². The van der Waals surface area contributed by atoms with Gasteiger partial charge in [0.15, 0.2) is 5.22 Å². The molecule has 0 bridgehead atoms. The Morgan fingerprint density at radius 3 is 2.93 bits per heavy atom. The van der Waals surface area contributed by atoms with Gasteiger partial charge in [-0.3, -0.25) is 4.68 Å². The van der Waals surface area contributed by atoms with Gasteiger partial charge in [-0.2, -0.15) is 0 Å². The lowest BCUT2D eigenvalue weighted by atomic mass is 10.1. The summed E-state index contributed by atoms with van der Waals surface area (Å²) in [5, 5.41) is 17.5. The van der Waals surface area contributed by atoms with E-state index in [0.717, 1.165) is 0 Å². The van der Waals surface area contributed by atoms with Gasteiger partial charge in [0, 0.05) is 12.6 Å². The fourth-order valence-electron chi connectivity index (χ4n) is 1.15. The quantitative estimate of drug-likeness (QED) is 0.813. The molecule has 2 rings (SSSR count). The third kappa shape index (κ3) is 1.51. The molecule has 74 valence electrons. The molecule has 5 nitrogen and oxygen atoms in total. The Balaban J connectivity index is 2.33. The second-order valence-corrected chi connectivity index (χ2v) is 3.21. The summed E-state index contributed by atoms with van der Waals surface area (Å²) in [6, 6.07) is 1.60. The topological polar surface area (TPSA) is 64.1 Å². The zero-order valence-electron chi connectivity index (χ0n) is 7.38. The summed E-state index contributed by atoms with van der Waals surface area (Å²) in [6.45, 7) is 0. The summed E-state index contributed by atoms with van der Waals surface area (Å²) in [6.07, 6.45) is 2.14. The predicted molar refractivity (Wildman–Crippen MR) is 48.8 cm³/mol. The molecule has 0 saturated carbocycles. The number of nitrogens with zero attached hydrogens (tertiary/aromatic N) is 3. The Morgan fingerprint density at radius 2 is 2.43 bits per heavy atom. The van der Waals surface area contributed by atoms with Crippen LogP contribution >= 0.6 is 11.6 Å². The van der Waals surface area contributed by atoms with Crippen LogP contribution in [0.15, 0.2) is 22.9 Å². The first-order valence-electron chi connectivity index (χ1n) is 3.95. The molecule has 0 amide bonds. The smallest absolute Gasteiger partial charge is 0.199 e. The minimum absolute atomic E-state index is 0.170. The molecule has 0 aliphatic carbocycles. The molecule has 1 unspecified atom stereocenters. The molecule has 2 aromatic heterocycles. The number of hydrogen-bond donors (Lipinski definition) is 1. The van der Waals surface area contributed by atoms with Gasteiger partial charge in [-0.05, 0) is 17.7 Å². The Hall–Kier alpha value is -1.33. The maximum Gasteiger partial charge on any atom is 0.199 e. The first kappa shape index (κ1) is 9.23. The number of furan rings is 1. The number of aryl methyl sites for hydroxylation is 1. The molecule has 0 radical (unpaired) electrons. The SMILES string of the molecule is Cn1cc(C(O)c2ccoc2Cl)nn1. The van der Waals surface area contributed by atoms with Gasteiger partial charge < -0.3 is 9.52 Å². The molecule has 1 N–H and O–H groups in total. The standard InChI is InChI=1S/C8H8ClN3O2/c1-12-4-6(10-11-12)7(13)5-2-3-14-8(5)9/h2-4,7,13H,1H3. The third-order valence-electron chi connectivity index (χ3n) is 1.84. The molecule has 0 spiro atoms. The van der Waals surface area contributed by atoms with E-state index in [2.05, 4.69) is 10.3 Å². The van der Waals surface area contributed by atoms with E-state index in [1.165, 1.54) is 10.9 Å². The van der Waals surface area contributed by atoms with Gasteiger partial charge in [0.25, 0.3) is 0 Å². The maximum absolute atomic E-state index is 9.81. The van der Waals surface area contributed by atoms with Crippen molar-refractivity contribution in [2.45, 2.75) is 6.10 Å². The van der Waals surface area contributed by atoms with Crippen LogP contribution in [0.4, 0.5) is 0 Å². The van der Waals surface area contributed by atoms with E-state index < -0.39 is 6.10 Å². The van der Waals surface area contributed by atoms with Crippen LogP contribution in [0, 0.1) is 0 Å². The summed E-state index contributed by atoms with van der Waals surface area (Å²) < 4.78 is 6.37. The van der Waals surface area contributed by atoms with Crippen molar-refractivity contribution < 1.29 is 9.52 Å². The Kier molecular flexibility index (Phi) is 2.26. The van der Waals surface area contributed by atoms with E-state index in [9.17, 15) is 5.11 Å². The zero-order valence-corrected chi connectivity index (χ0v) is 8.14. The van der Waals surface area contributed by atoms with Crippen molar-refractivity contribution in [3.05, 3.63) is 35.0 Å². The largest absolute Gasteiger partial charge is 0.453 e. The van der Waals surface area contributed by atoms with E-state index in [1.807, 2.05) is 0 Å². The third-order valence-corrected chi connectivity index (χ3v) is 2.15. The second-order valence-electron chi connectivity index (χ2n) is 2.87. The summed E-state index contributed by atoms with van der Waals surface area (Å²) in [4.78, 5) is 0. The molecule has 2 heterocycles. The second kappa shape index (κ2) is 3.43. The number of hydrogen-bond acceptors (Lipinski definition) is 4. The summed E-state index contributed by atoms with van der Waals surface area (Å²) in [7, 11) is 1.72. The summed E-state index contributed by atoms with van der Waals surface area (Å²) >= 11 is 5.71. The van der Waals surface area contributed by atoms with Gasteiger partial charge >= 0.3 is 0 Å². The van der Waals surface area contributed by atoms with Crippen LogP contribution in [0.3, 0.4) is 0 Å². The Labute approximate surface area is 84.9 Å². The first-order valence-corrected chi connectivity index (χ1v) is 4.33. The van der Waals surface area contributed by atoms with Crippen LogP contribution in [0.5, 0.6) is 0 Å². The van der Waals surface area contributed by atoms with Gasteiger partial charge in [0.05, 0.1) is 12.5 Å². The number of halogens is 1. The minimum Gasteiger partial charge on any atom is -0.453 e. The predicted octanol–water partition coefficient (Wildman–Crippen LogP) is 1.14. The molecule has 0 aromatic carbocycles. The fraction of sp³-hybridized carbons (Fsp3) is 0.250. The van der Waals surface area contributed by atoms with Gasteiger partial charge in [0.1, 0.15) is 11.8 Å². The highest BCUT2D eigenvalue weighted by Gasteiger charge is 2.18. The van der Waals surface area contributed by atoms with Crippen molar-refractivity contribution in [3.8, 4) is 0 Å². The van der Waals surface area contributed by atoms with Crippen molar-refractivity contribution >= 4 is 11.6 Å². The molecule has 1 atom stereocenters. The van der Waals surface area contributed by atoms with Crippen LogP contribution in [-0.2, 0) is 7.05 Å². The van der Waals surface area contributed by atoms with Gasteiger partial charge in [-0.1, -0.05) is 5.21 Å². The number of aliphatic hydroxyl groups excluding tert-OH is 1. The van der Waals surface area contributed by atoms with E-state index in [0.29, 0.717) is 11.3 Å². The lowest BCUT2D eigenvalue weighted by Gasteiger charge is -2.03. The number of rotatable bonds is 2. The first-order chi connectivity index (χ1) is 6.68. The molecule has 0 fully saturated rings. The molecule has 14 heavy (non-hydrogen) atoms. The summed E-state index contributed by atoms with van der Waals surface area (Å²) in [5.74, 6) is 0. The van der Waals surface area contributed by atoms with Gasteiger partial charge in [-0.25, -0.2) is 0 Å². The Bertz CT molecular complexity index is 437. The molecular weight excluding hydrogens is 206 g/mol. The molecule has 6 heteroatoms. The highest BCUT2D eigenvalue weighted by Crippen LogP contribution is 2.27. The van der Waals surface area contributed by atoms with Crippen LogP contribution in [0.2, 0.25) is 5.22 Å². The number of aliphatic hydroxyl groups is 1. The highest BCUT2D eigenvalue weighted by molar-refractivity contribution is 6.29. The van der Waals surface area contributed by atoms with Gasteiger partial charge in [0.2, 0.25) is 0 Å². The molecule has 0 saturated heterocycles. The molecule has 2 aromatic rings. The lowest BCUT2D eigenvalue weighted by Crippen LogP contribution is -1.99. The van der Waals surface area contributed by atoms with Gasteiger partial charge in [-0.15, -0.1) is 5.10 Å². The molecular formula is C8H8ClN3O2.